The zero-order valence-electron chi connectivity index (χ0n) is 12.8. The van der Waals surface area contributed by atoms with Crippen molar-refractivity contribution < 1.29 is 4.74 Å². The minimum Gasteiger partial charge on any atom is -0.480 e. The summed E-state index contributed by atoms with van der Waals surface area (Å²) in [5.41, 5.74) is 1.31. The topological polar surface area (TPSA) is 41.5 Å². The number of hydrogen-bond acceptors (Lipinski definition) is 5. The van der Waals surface area contributed by atoms with Gasteiger partial charge in [0.2, 0.25) is 5.88 Å². The highest BCUT2D eigenvalue weighted by molar-refractivity contribution is 5.10. The largest absolute Gasteiger partial charge is 0.480 e. The van der Waals surface area contributed by atoms with Crippen LogP contribution in [-0.4, -0.2) is 57.6 Å². The zero-order chi connectivity index (χ0) is 14.3. The van der Waals surface area contributed by atoms with E-state index < -0.39 is 0 Å². The van der Waals surface area contributed by atoms with Crippen LogP contribution in [0.1, 0.15) is 32.9 Å². The molecule has 2 aliphatic rings. The Morgan fingerprint density at radius 2 is 1.90 bits per heavy atom. The van der Waals surface area contributed by atoms with E-state index >= 15 is 0 Å². The Morgan fingerprint density at radius 3 is 2.40 bits per heavy atom. The van der Waals surface area contributed by atoms with E-state index in [-0.39, 0.29) is 5.54 Å². The summed E-state index contributed by atoms with van der Waals surface area (Å²) < 4.78 is 5.05. The lowest BCUT2D eigenvalue weighted by Gasteiger charge is -2.59. The molecule has 1 aromatic rings. The fourth-order valence-electron chi connectivity index (χ4n) is 3.21. The van der Waals surface area contributed by atoms with Gasteiger partial charge >= 0.3 is 0 Å². The van der Waals surface area contributed by atoms with Crippen LogP contribution in [0.25, 0.3) is 0 Å². The third-order valence-corrected chi connectivity index (χ3v) is 4.53. The van der Waals surface area contributed by atoms with Crippen molar-refractivity contribution in [2.45, 2.75) is 51.4 Å². The first-order valence-electron chi connectivity index (χ1n) is 7.33. The van der Waals surface area contributed by atoms with Crippen LogP contribution in [0.2, 0.25) is 0 Å². The van der Waals surface area contributed by atoms with Gasteiger partial charge in [-0.1, -0.05) is 0 Å². The molecule has 2 atom stereocenters. The van der Waals surface area contributed by atoms with Crippen LogP contribution >= 0.6 is 0 Å². The average molecular weight is 276 g/mol. The molecule has 2 unspecified atom stereocenters. The zero-order valence-corrected chi connectivity index (χ0v) is 12.8. The van der Waals surface area contributed by atoms with Gasteiger partial charge in [-0.05, 0) is 27.2 Å². The number of likely N-dealkylation sites (tertiary alicyclic amines) is 2. The number of fused-ring (bicyclic) bond motifs is 2. The van der Waals surface area contributed by atoms with Crippen molar-refractivity contribution in [1.82, 2.24) is 19.8 Å². The van der Waals surface area contributed by atoms with Crippen LogP contribution < -0.4 is 4.74 Å². The summed E-state index contributed by atoms with van der Waals surface area (Å²) in [6.45, 7) is 10.2. The minimum atomic E-state index is 0.281. The molecule has 0 N–H and O–H groups in total. The smallest absolute Gasteiger partial charge is 0.231 e. The Bertz CT molecular complexity index is 456. The maximum atomic E-state index is 5.05. The molecule has 0 radical (unpaired) electrons. The predicted molar refractivity (Wildman–Crippen MR) is 77.6 cm³/mol. The first-order chi connectivity index (χ1) is 9.47. The number of piperidine rings is 1. The highest BCUT2D eigenvalue weighted by Crippen LogP contribution is 2.36. The quantitative estimate of drug-likeness (QED) is 0.837. The Balaban J connectivity index is 1.61. The van der Waals surface area contributed by atoms with Gasteiger partial charge in [-0.3, -0.25) is 14.8 Å². The summed E-state index contributed by atoms with van der Waals surface area (Å²) in [6, 6.07) is 1.36. The van der Waals surface area contributed by atoms with E-state index in [0.717, 1.165) is 12.2 Å². The second kappa shape index (κ2) is 4.97. The van der Waals surface area contributed by atoms with Gasteiger partial charge in [0.1, 0.15) is 0 Å². The van der Waals surface area contributed by atoms with Crippen LogP contribution in [0.5, 0.6) is 5.88 Å². The molecule has 0 saturated carbocycles. The number of methoxy groups -OCH3 is 1. The highest BCUT2D eigenvalue weighted by atomic mass is 16.5. The van der Waals surface area contributed by atoms with Gasteiger partial charge in [-0.25, -0.2) is 4.98 Å². The number of piperazine rings is 1. The Kier molecular flexibility index (Phi) is 3.42. The summed E-state index contributed by atoms with van der Waals surface area (Å²) >= 11 is 0. The molecule has 2 saturated heterocycles. The molecular formula is C15H24N4O. The molecule has 1 aromatic heterocycles. The molecule has 2 aliphatic heterocycles. The van der Waals surface area contributed by atoms with Crippen LogP contribution in [-0.2, 0) is 6.54 Å². The van der Waals surface area contributed by atoms with Crippen molar-refractivity contribution >= 4 is 0 Å². The van der Waals surface area contributed by atoms with Crippen molar-refractivity contribution in [3.05, 3.63) is 18.1 Å². The van der Waals surface area contributed by atoms with Gasteiger partial charge in [0.25, 0.3) is 0 Å². The number of nitrogens with zero attached hydrogens (tertiary/aromatic N) is 4. The number of rotatable bonds is 3. The number of ether oxygens (including phenoxy) is 1. The van der Waals surface area contributed by atoms with Crippen LogP contribution in [0.15, 0.2) is 12.4 Å². The maximum Gasteiger partial charge on any atom is 0.231 e. The van der Waals surface area contributed by atoms with Gasteiger partial charge < -0.3 is 4.74 Å². The Labute approximate surface area is 121 Å². The second-order valence-electron chi connectivity index (χ2n) is 6.84. The highest BCUT2D eigenvalue weighted by Gasteiger charge is 2.46. The van der Waals surface area contributed by atoms with Gasteiger partial charge in [-0.2, -0.15) is 0 Å². The molecule has 110 valence electrons. The van der Waals surface area contributed by atoms with Crippen molar-refractivity contribution in [2.75, 3.05) is 20.2 Å². The molecule has 3 heterocycles. The molecule has 0 aromatic carbocycles. The number of hydrogen-bond donors (Lipinski definition) is 0. The maximum absolute atomic E-state index is 5.05. The normalized spacial score (nSPS) is 27.2. The standard InChI is InChI=1S/C15H24N4O/c1-15(2,3)18-9-12-5-13(10-18)19(12)8-11-6-17-14(20-4)7-16-11/h6-7,12-13H,5,8-10H2,1-4H3. The lowest BCUT2D eigenvalue weighted by molar-refractivity contribution is -0.100. The van der Waals surface area contributed by atoms with E-state index in [0.29, 0.717) is 18.0 Å². The van der Waals surface area contributed by atoms with Gasteiger partial charge in [0, 0.05) is 37.3 Å². The first kappa shape index (κ1) is 13.8. The molecule has 20 heavy (non-hydrogen) atoms. The molecule has 0 aliphatic carbocycles. The molecular weight excluding hydrogens is 252 g/mol. The fourth-order valence-corrected chi connectivity index (χ4v) is 3.21. The first-order valence-corrected chi connectivity index (χ1v) is 7.33. The van der Waals surface area contributed by atoms with Crippen LogP contribution in [0.4, 0.5) is 0 Å². The predicted octanol–water partition coefficient (Wildman–Crippen LogP) is 1.54. The summed E-state index contributed by atoms with van der Waals surface area (Å²) in [6.07, 6.45) is 4.86. The SMILES string of the molecule is COc1cnc(CN2C3CC2CN(C(C)(C)C)C3)cn1. The van der Waals surface area contributed by atoms with E-state index in [9.17, 15) is 0 Å². The lowest BCUT2D eigenvalue weighted by atomic mass is 9.84. The van der Waals surface area contributed by atoms with Crippen LogP contribution in [0, 0.1) is 0 Å². The third-order valence-electron chi connectivity index (χ3n) is 4.53. The van der Waals surface area contributed by atoms with Crippen molar-refractivity contribution in [3.8, 4) is 5.88 Å². The summed E-state index contributed by atoms with van der Waals surface area (Å²) in [5.74, 6) is 0.580. The molecule has 0 spiro atoms. The van der Waals surface area contributed by atoms with Crippen molar-refractivity contribution in [1.29, 1.82) is 0 Å². The Morgan fingerprint density at radius 1 is 1.20 bits per heavy atom. The summed E-state index contributed by atoms with van der Waals surface area (Å²) in [7, 11) is 1.62. The van der Waals surface area contributed by atoms with E-state index in [1.165, 1.54) is 19.5 Å². The molecule has 5 heteroatoms. The van der Waals surface area contributed by atoms with E-state index in [2.05, 4.69) is 40.5 Å². The minimum absolute atomic E-state index is 0.281. The van der Waals surface area contributed by atoms with E-state index in [1.54, 1.807) is 13.3 Å². The molecule has 2 fully saturated rings. The molecule has 0 amide bonds. The fraction of sp³-hybridized carbons (Fsp3) is 0.733. The lowest BCUT2D eigenvalue weighted by Crippen LogP contribution is -2.70. The van der Waals surface area contributed by atoms with E-state index in [1.807, 2.05) is 6.20 Å². The second-order valence-corrected chi connectivity index (χ2v) is 6.84. The summed E-state index contributed by atoms with van der Waals surface area (Å²) in [4.78, 5) is 13.8. The third kappa shape index (κ3) is 2.52. The summed E-state index contributed by atoms with van der Waals surface area (Å²) in [5, 5.41) is 0. The number of aromatic nitrogens is 2. The van der Waals surface area contributed by atoms with Crippen LogP contribution in [0.3, 0.4) is 0 Å². The molecule has 2 bridgehead atoms. The van der Waals surface area contributed by atoms with Crippen molar-refractivity contribution in [2.24, 2.45) is 0 Å². The van der Waals surface area contributed by atoms with Crippen molar-refractivity contribution in [3.63, 3.8) is 0 Å². The van der Waals surface area contributed by atoms with Gasteiger partial charge in [-0.15, -0.1) is 0 Å². The van der Waals surface area contributed by atoms with Gasteiger partial charge in [0.05, 0.1) is 25.2 Å². The average Bonchev–Trinajstić information content (AvgIpc) is 2.44. The monoisotopic (exact) mass is 276 g/mol. The van der Waals surface area contributed by atoms with E-state index in [4.69, 9.17) is 4.74 Å². The van der Waals surface area contributed by atoms with Gasteiger partial charge in [0.15, 0.2) is 0 Å². The molecule has 5 nitrogen and oxygen atoms in total. The Hall–Kier alpha value is -1.20. The molecule has 3 rings (SSSR count).